The third kappa shape index (κ3) is 5.43. The molecule has 18 heavy (non-hydrogen) atoms. The van der Waals surface area contributed by atoms with E-state index in [2.05, 4.69) is 23.6 Å². The molecule has 1 unspecified atom stereocenters. The van der Waals surface area contributed by atoms with Crippen LogP contribution in [0, 0.1) is 11.3 Å². The van der Waals surface area contributed by atoms with Crippen molar-refractivity contribution in [1.82, 2.24) is 9.62 Å². The molecule has 4 nitrogen and oxygen atoms in total. The summed E-state index contributed by atoms with van der Waals surface area (Å²) in [4.78, 5) is 2.28. The first kappa shape index (κ1) is 16.2. The van der Waals surface area contributed by atoms with Gasteiger partial charge in [-0.05, 0) is 44.3 Å². The Balaban J connectivity index is 2.44. The molecule has 1 aliphatic rings. The van der Waals surface area contributed by atoms with E-state index in [1.54, 1.807) is 0 Å². The van der Waals surface area contributed by atoms with Crippen LogP contribution < -0.4 is 4.72 Å². The number of piperidine rings is 1. The van der Waals surface area contributed by atoms with E-state index in [9.17, 15) is 8.42 Å². The van der Waals surface area contributed by atoms with E-state index in [1.165, 1.54) is 0 Å². The summed E-state index contributed by atoms with van der Waals surface area (Å²) in [5.41, 5.74) is 0.0871. The first-order valence-electron chi connectivity index (χ1n) is 6.48. The van der Waals surface area contributed by atoms with Crippen LogP contribution in [-0.2, 0) is 10.0 Å². The minimum Gasteiger partial charge on any atom is -0.306 e. The number of rotatable bonds is 6. The molecule has 0 aromatic rings. The van der Waals surface area contributed by atoms with Crippen molar-refractivity contribution < 1.29 is 8.42 Å². The standard InChI is InChI=1S/C12H25ClN2O2S/c1-11(8-13)9-18(16,17)14-10-12(2)4-6-15(3)7-5-12/h11,14H,4-10H2,1-3H3. The minimum absolute atomic E-state index is 0.00513. The molecule has 0 bridgehead atoms. The van der Waals surface area contributed by atoms with Gasteiger partial charge in [-0.25, -0.2) is 13.1 Å². The molecule has 0 radical (unpaired) electrons. The second-order valence-corrected chi connectivity index (χ2v) is 8.14. The molecule has 1 rings (SSSR count). The number of nitrogens with zero attached hydrogens (tertiary/aromatic N) is 1. The topological polar surface area (TPSA) is 49.4 Å². The lowest BCUT2D eigenvalue weighted by Crippen LogP contribution is -2.44. The molecule has 6 heteroatoms. The highest BCUT2D eigenvalue weighted by atomic mass is 35.5. The number of nitrogens with one attached hydrogen (secondary N) is 1. The summed E-state index contributed by atoms with van der Waals surface area (Å²) >= 11 is 5.65. The quantitative estimate of drug-likeness (QED) is 0.756. The third-order valence-electron chi connectivity index (χ3n) is 3.68. The maximum Gasteiger partial charge on any atom is 0.211 e. The molecule has 1 aliphatic heterocycles. The molecule has 0 aromatic heterocycles. The lowest BCUT2D eigenvalue weighted by molar-refractivity contribution is 0.143. The number of hydrogen-bond acceptors (Lipinski definition) is 3. The maximum atomic E-state index is 11.9. The normalized spacial score (nSPS) is 22.9. The van der Waals surface area contributed by atoms with E-state index in [1.807, 2.05) is 6.92 Å². The zero-order chi connectivity index (χ0) is 13.8. The highest BCUT2D eigenvalue weighted by Crippen LogP contribution is 2.29. The predicted molar refractivity (Wildman–Crippen MR) is 76.5 cm³/mol. The first-order chi connectivity index (χ1) is 8.26. The Morgan fingerprint density at radius 3 is 2.44 bits per heavy atom. The van der Waals surface area contributed by atoms with Gasteiger partial charge in [-0.15, -0.1) is 11.6 Å². The van der Waals surface area contributed by atoms with Crippen LogP contribution in [-0.4, -0.2) is 51.6 Å². The molecular formula is C12H25ClN2O2S. The summed E-state index contributed by atoms with van der Waals surface area (Å²) in [5, 5.41) is 0. The Bertz CT molecular complexity index is 351. The molecule has 0 amide bonds. The highest BCUT2D eigenvalue weighted by Gasteiger charge is 2.30. The summed E-state index contributed by atoms with van der Waals surface area (Å²) in [6.45, 7) is 6.63. The van der Waals surface area contributed by atoms with Crippen molar-refractivity contribution in [2.24, 2.45) is 11.3 Å². The fourth-order valence-corrected chi connectivity index (χ4v) is 3.89. The van der Waals surface area contributed by atoms with Crippen molar-refractivity contribution in [3.8, 4) is 0 Å². The summed E-state index contributed by atoms with van der Waals surface area (Å²) < 4.78 is 26.5. The van der Waals surface area contributed by atoms with Crippen LogP contribution in [0.2, 0.25) is 0 Å². The Hall–Kier alpha value is 0.160. The van der Waals surface area contributed by atoms with E-state index in [-0.39, 0.29) is 17.1 Å². The van der Waals surface area contributed by atoms with E-state index in [0.717, 1.165) is 25.9 Å². The van der Waals surface area contributed by atoms with Crippen LogP contribution in [0.1, 0.15) is 26.7 Å². The summed E-state index contributed by atoms with van der Waals surface area (Å²) in [7, 11) is -1.09. The molecule has 1 saturated heterocycles. The number of likely N-dealkylation sites (tertiary alicyclic amines) is 1. The van der Waals surface area contributed by atoms with E-state index in [0.29, 0.717) is 12.4 Å². The van der Waals surface area contributed by atoms with Gasteiger partial charge >= 0.3 is 0 Å². The third-order valence-corrected chi connectivity index (χ3v) is 5.80. The fourth-order valence-electron chi connectivity index (χ4n) is 2.10. The summed E-state index contributed by atoms with van der Waals surface area (Å²) in [6.07, 6.45) is 2.08. The monoisotopic (exact) mass is 296 g/mol. The molecule has 108 valence electrons. The summed E-state index contributed by atoms with van der Waals surface area (Å²) in [6, 6.07) is 0. The number of alkyl halides is 1. The molecule has 1 N–H and O–H groups in total. The highest BCUT2D eigenvalue weighted by molar-refractivity contribution is 7.89. The van der Waals surface area contributed by atoms with Crippen molar-refractivity contribution in [3.05, 3.63) is 0 Å². The molecule has 1 fully saturated rings. The summed E-state index contributed by atoms with van der Waals surface area (Å²) in [5.74, 6) is 0.490. The van der Waals surface area contributed by atoms with Crippen LogP contribution >= 0.6 is 11.6 Å². The molecule has 0 saturated carbocycles. The van der Waals surface area contributed by atoms with Gasteiger partial charge in [-0.3, -0.25) is 0 Å². The second-order valence-electron chi connectivity index (χ2n) is 5.98. The van der Waals surface area contributed by atoms with Gasteiger partial charge in [-0.2, -0.15) is 0 Å². The molecule has 0 spiro atoms. The average Bonchev–Trinajstić information content (AvgIpc) is 2.31. The van der Waals surface area contributed by atoms with Crippen molar-refractivity contribution in [1.29, 1.82) is 0 Å². The van der Waals surface area contributed by atoms with Gasteiger partial charge in [0.2, 0.25) is 10.0 Å². The van der Waals surface area contributed by atoms with Gasteiger partial charge in [0.1, 0.15) is 0 Å². The largest absolute Gasteiger partial charge is 0.306 e. The van der Waals surface area contributed by atoms with Crippen LogP contribution in [0.5, 0.6) is 0 Å². The Kier molecular flexibility index (Phi) is 5.90. The lowest BCUT2D eigenvalue weighted by Gasteiger charge is -2.37. The van der Waals surface area contributed by atoms with Crippen molar-refractivity contribution in [2.75, 3.05) is 38.3 Å². The number of hydrogen-bond donors (Lipinski definition) is 1. The van der Waals surface area contributed by atoms with Gasteiger partial charge in [0.15, 0.2) is 0 Å². The average molecular weight is 297 g/mol. The molecule has 1 atom stereocenters. The van der Waals surface area contributed by atoms with Crippen molar-refractivity contribution in [3.63, 3.8) is 0 Å². The van der Waals surface area contributed by atoms with Gasteiger partial charge in [-0.1, -0.05) is 13.8 Å². The zero-order valence-electron chi connectivity index (χ0n) is 11.6. The lowest BCUT2D eigenvalue weighted by atomic mass is 9.81. The van der Waals surface area contributed by atoms with E-state index < -0.39 is 10.0 Å². The maximum absolute atomic E-state index is 11.9. The van der Waals surface area contributed by atoms with Crippen LogP contribution in [0.15, 0.2) is 0 Å². The molecule has 0 aromatic carbocycles. The second kappa shape index (κ2) is 6.55. The predicted octanol–water partition coefficient (Wildman–Crippen LogP) is 1.51. The van der Waals surface area contributed by atoms with Gasteiger partial charge in [0, 0.05) is 12.4 Å². The van der Waals surface area contributed by atoms with Gasteiger partial charge in [0.25, 0.3) is 0 Å². The number of sulfonamides is 1. The minimum atomic E-state index is -3.19. The SMILES string of the molecule is CC(CCl)CS(=O)(=O)NCC1(C)CCN(C)CC1. The Labute approximate surface area is 116 Å². The molecule has 1 heterocycles. The molecule has 0 aliphatic carbocycles. The fraction of sp³-hybridized carbons (Fsp3) is 1.00. The Morgan fingerprint density at radius 2 is 1.94 bits per heavy atom. The van der Waals surface area contributed by atoms with Gasteiger partial charge in [0.05, 0.1) is 5.75 Å². The van der Waals surface area contributed by atoms with E-state index in [4.69, 9.17) is 11.6 Å². The Morgan fingerprint density at radius 1 is 1.39 bits per heavy atom. The van der Waals surface area contributed by atoms with Crippen LogP contribution in [0.4, 0.5) is 0 Å². The number of halogens is 1. The van der Waals surface area contributed by atoms with Gasteiger partial charge < -0.3 is 4.90 Å². The van der Waals surface area contributed by atoms with Crippen LogP contribution in [0.3, 0.4) is 0 Å². The first-order valence-corrected chi connectivity index (χ1v) is 8.67. The van der Waals surface area contributed by atoms with Crippen molar-refractivity contribution in [2.45, 2.75) is 26.7 Å². The van der Waals surface area contributed by atoms with Crippen molar-refractivity contribution >= 4 is 21.6 Å². The molecular weight excluding hydrogens is 272 g/mol. The van der Waals surface area contributed by atoms with Crippen LogP contribution in [0.25, 0.3) is 0 Å². The zero-order valence-corrected chi connectivity index (χ0v) is 13.1. The van der Waals surface area contributed by atoms with E-state index >= 15 is 0 Å². The smallest absolute Gasteiger partial charge is 0.211 e.